The van der Waals surface area contributed by atoms with E-state index in [0.29, 0.717) is 23.0 Å². The largest absolute Gasteiger partial charge is 0.487 e. The highest BCUT2D eigenvalue weighted by Gasteiger charge is 2.43. The maximum absolute atomic E-state index is 13.4. The lowest BCUT2D eigenvalue weighted by Gasteiger charge is -2.24. The first-order valence-electron chi connectivity index (χ1n) is 12.0. The Bertz CT molecular complexity index is 1220. The van der Waals surface area contributed by atoms with Crippen molar-refractivity contribution in [2.75, 3.05) is 17.4 Å². The van der Waals surface area contributed by atoms with Gasteiger partial charge in [-0.15, -0.1) is 0 Å². The van der Waals surface area contributed by atoms with Crippen LogP contribution in [-0.4, -0.2) is 51.7 Å². The molecule has 1 saturated heterocycles. The van der Waals surface area contributed by atoms with E-state index in [4.69, 9.17) is 4.74 Å². The average Bonchev–Trinajstić information content (AvgIpc) is 3.02. The van der Waals surface area contributed by atoms with E-state index in [2.05, 4.69) is 25.0 Å². The number of hydrogen-bond donors (Lipinski definition) is 1. The molecule has 3 rings (SSSR count). The molecule has 194 valence electrons. The van der Waals surface area contributed by atoms with E-state index in [1.165, 1.54) is 6.08 Å². The Labute approximate surface area is 215 Å². The van der Waals surface area contributed by atoms with E-state index in [0.717, 1.165) is 14.2 Å². The van der Waals surface area contributed by atoms with Crippen molar-refractivity contribution in [3.8, 4) is 5.75 Å². The Morgan fingerprint density at radius 1 is 1.14 bits per heavy atom. The topological polar surface area (TPSA) is 96.0 Å². The average molecular weight is 530 g/mol. The van der Waals surface area contributed by atoms with Gasteiger partial charge in [-0.3, -0.25) is 9.59 Å². The summed E-state index contributed by atoms with van der Waals surface area (Å²) in [4.78, 5) is 24.8. The summed E-state index contributed by atoms with van der Waals surface area (Å²) in [5.41, 5.74) is 1.87. The molecular formula is C26H35N3O5SSi. The Hall–Kier alpha value is -3.11. The predicted molar refractivity (Wildman–Crippen MR) is 146 cm³/mol. The molecule has 0 spiro atoms. The summed E-state index contributed by atoms with van der Waals surface area (Å²) < 4.78 is 34.9. The van der Waals surface area contributed by atoms with E-state index < -0.39 is 24.2 Å². The van der Waals surface area contributed by atoms with Gasteiger partial charge in [-0.05, 0) is 49.2 Å². The fraction of sp³-hybridized carbons (Fsp3) is 0.385. The monoisotopic (exact) mass is 529 g/mol. The van der Waals surface area contributed by atoms with E-state index >= 15 is 0 Å². The second kappa shape index (κ2) is 11.3. The number of carbonyl (C=O) groups excluding carboxylic acids is 2. The summed E-state index contributed by atoms with van der Waals surface area (Å²) >= 11 is 0. The smallest absolute Gasteiger partial charge is 0.329 e. The summed E-state index contributed by atoms with van der Waals surface area (Å²) in [5, 5.41) is 2.79. The summed E-state index contributed by atoms with van der Waals surface area (Å²) in [5.74, 6) is -0.364. The van der Waals surface area contributed by atoms with Crippen molar-refractivity contribution < 1.29 is 22.7 Å². The number of nitrogens with one attached hydrogen (secondary N) is 1. The molecule has 10 heteroatoms. The summed E-state index contributed by atoms with van der Waals surface area (Å²) in [6.07, 6.45) is 3.06. The van der Waals surface area contributed by atoms with Crippen molar-refractivity contribution in [3.63, 3.8) is 0 Å². The Morgan fingerprint density at radius 2 is 1.83 bits per heavy atom. The van der Waals surface area contributed by atoms with E-state index in [-0.39, 0.29) is 31.6 Å². The Morgan fingerprint density at radius 3 is 2.47 bits per heavy atom. The molecule has 2 aromatic rings. The third-order valence-corrected chi connectivity index (χ3v) is 9.08. The van der Waals surface area contributed by atoms with Gasteiger partial charge in [0.15, 0.2) is 0 Å². The molecule has 36 heavy (non-hydrogen) atoms. The van der Waals surface area contributed by atoms with E-state index in [1.807, 2.05) is 44.2 Å². The second-order valence-corrected chi connectivity index (χ2v) is 17.7. The SMILES string of the molecule is CC(C)NC(=O)C=Cc1ccc(N2CC(=O)N(CC[Si](C)(C)C)S2(=O)=O)c(OCc2ccccc2)c1. The molecule has 1 fully saturated rings. The van der Waals surface area contributed by atoms with Crippen LogP contribution in [0, 0.1) is 0 Å². The van der Waals surface area contributed by atoms with Crippen molar-refractivity contribution in [2.24, 2.45) is 0 Å². The molecule has 8 nitrogen and oxygen atoms in total. The van der Waals surface area contributed by atoms with Gasteiger partial charge in [-0.1, -0.05) is 56.0 Å². The van der Waals surface area contributed by atoms with E-state index in [1.54, 1.807) is 24.3 Å². The van der Waals surface area contributed by atoms with Crippen LogP contribution in [0.3, 0.4) is 0 Å². The highest BCUT2D eigenvalue weighted by molar-refractivity contribution is 7.91. The fourth-order valence-corrected chi connectivity index (χ4v) is 6.22. The quantitative estimate of drug-likeness (QED) is 0.370. The van der Waals surface area contributed by atoms with Crippen molar-refractivity contribution in [1.82, 2.24) is 9.62 Å². The van der Waals surface area contributed by atoms with Crippen LogP contribution in [0.25, 0.3) is 6.08 Å². The lowest BCUT2D eigenvalue weighted by molar-refractivity contribution is -0.123. The second-order valence-electron chi connectivity index (χ2n) is 10.3. The molecule has 0 atom stereocenters. The number of ether oxygens (including phenoxy) is 1. The molecular weight excluding hydrogens is 494 g/mol. The van der Waals surface area contributed by atoms with Gasteiger partial charge in [-0.25, -0.2) is 8.61 Å². The van der Waals surface area contributed by atoms with Crippen LogP contribution < -0.4 is 14.4 Å². The van der Waals surface area contributed by atoms with Crippen molar-refractivity contribution in [2.45, 2.75) is 52.2 Å². The van der Waals surface area contributed by atoms with E-state index in [9.17, 15) is 18.0 Å². The lowest BCUT2D eigenvalue weighted by Crippen LogP contribution is -2.37. The molecule has 0 radical (unpaired) electrons. The molecule has 0 aromatic heterocycles. The predicted octanol–water partition coefficient (Wildman–Crippen LogP) is 4.04. The van der Waals surface area contributed by atoms with Gasteiger partial charge in [-0.2, -0.15) is 8.42 Å². The number of hydrogen-bond acceptors (Lipinski definition) is 5. The summed E-state index contributed by atoms with van der Waals surface area (Å²) in [6, 6.07) is 15.2. The number of benzene rings is 2. The number of rotatable bonds is 10. The number of carbonyl (C=O) groups is 2. The number of anilines is 1. The molecule has 2 amide bonds. The van der Waals surface area contributed by atoms with Crippen molar-refractivity contribution in [3.05, 3.63) is 65.7 Å². The van der Waals surface area contributed by atoms with Crippen LogP contribution in [-0.2, 0) is 26.4 Å². The van der Waals surface area contributed by atoms with Gasteiger partial charge in [0.25, 0.3) is 5.91 Å². The standard InChI is InChI=1S/C26H35N3O5SSi/c1-20(2)27-25(30)14-12-21-11-13-23(24(17-21)34-19-22-9-7-6-8-10-22)29-18-26(31)28(35(29,32)33)15-16-36(3,4)5/h6-14,17,20H,15-16,18-19H2,1-5H3,(H,27,30). The zero-order chi connectivity index (χ0) is 26.5. The van der Waals surface area contributed by atoms with Gasteiger partial charge in [0, 0.05) is 26.7 Å². The minimum Gasteiger partial charge on any atom is -0.487 e. The third kappa shape index (κ3) is 7.20. The molecule has 0 bridgehead atoms. The fourth-order valence-electron chi connectivity index (χ4n) is 3.61. The highest BCUT2D eigenvalue weighted by Crippen LogP contribution is 2.36. The lowest BCUT2D eigenvalue weighted by atomic mass is 10.1. The maximum Gasteiger partial charge on any atom is 0.329 e. The van der Waals surface area contributed by atoms with Gasteiger partial charge in [0.05, 0.1) is 5.69 Å². The Balaban J connectivity index is 1.92. The molecule has 0 aliphatic carbocycles. The van der Waals surface area contributed by atoms with Gasteiger partial charge < -0.3 is 10.1 Å². The van der Waals surface area contributed by atoms with Gasteiger partial charge >= 0.3 is 10.2 Å². The third-order valence-electron chi connectivity index (χ3n) is 5.53. The Kier molecular flexibility index (Phi) is 8.62. The van der Waals surface area contributed by atoms with Crippen molar-refractivity contribution in [1.29, 1.82) is 0 Å². The first-order chi connectivity index (χ1) is 16.9. The molecule has 0 unspecified atom stereocenters. The highest BCUT2D eigenvalue weighted by atomic mass is 32.2. The number of nitrogens with zero attached hydrogens (tertiary/aromatic N) is 2. The van der Waals surface area contributed by atoms with Crippen LogP contribution in [0.2, 0.25) is 25.7 Å². The minimum absolute atomic E-state index is 0.0103. The maximum atomic E-state index is 13.4. The molecule has 0 saturated carbocycles. The van der Waals surface area contributed by atoms with Gasteiger partial charge in [0.1, 0.15) is 18.9 Å². The first-order valence-corrected chi connectivity index (χ1v) is 17.1. The van der Waals surface area contributed by atoms with Crippen LogP contribution in [0.4, 0.5) is 5.69 Å². The van der Waals surface area contributed by atoms with Crippen molar-refractivity contribution >= 4 is 41.9 Å². The normalized spacial score (nSPS) is 15.7. The zero-order valence-corrected chi connectivity index (χ0v) is 23.3. The van der Waals surface area contributed by atoms with Crippen LogP contribution in [0.5, 0.6) is 5.75 Å². The molecule has 1 aliphatic heterocycles. The minimum atomic E-state index is -4.03. The zero-order valence-electron chi connectivity index (χ0n) is 21.5. The molecule has 1 N–H and O–H groups in total. The first kappa shape index (κ1) is 27.5. The molecule has 2 aromatic carbocycles. The van der Waals surface area contributed by atoms with Crippen LogP contribution >= 0.6 is 0 Å². The number of amides is 2. The van der Waals surface area contributed by atoms with Crippen LogP contribution in [0.1, 0.15) is 25.0 Å². The van der Waals surface area contributed by atoms with Crippen LogP contribution in [0.15, 0.2) is 54.6 Å². The van der Waals surface area contributed by atoms with Gasteiger partial charge in [0.2, 0.25) is 5.91 Å². The molecule has 1 heterocycles. The summed E-state index contributed by atoms with van der Waals surface area (Å²) in [6.45, 7) is 10.3. The summed E-state index contributed by atoms with van der Waals surface area (Å²) in [7, 11) is -5.59. The molecule has 1 aliphatic rings.